The van der Waals surface area contributed by atoms with Gasteiger partial charge in [-0.15, -0.1) is 0 Å². The van der Waals surface area contributed by atoms with Crippen molar-refractivity contribution in [1.29, 1.82) is 0 Å². The first-order valence-corrected chi connectivity index (χ1v) is 4.36. The minimum Gasteiger partial charge on any atom is -0.393 e. The fourth-order valence-electron chi connectivity index (χ4n) is 1.39. The molecule has 0 aliphatic heterocycles. The average Bonchev–Trinajstić information content (AvgIpc) is 2.44. The van der Waals surface area contributed by atoms with Gasteiger partial charge in [-0.3, -0.25) is 0 Å². The number of hydrogen-bond donors (Lipinski definition) is 1. The van der Waals surface area contributed by atoms with Crippen molar-refractivity contribution in [2.45, 2.75) is 19.4 Å². The van der Waals surface area contributed by atoms with E-state index in [0.717, 1.165) is 11.3 Å². The lowest BCUT2D eigenvalue weighted by Crippen LogP contribution is -2.03. The molecule has 1 atom stereocenters. The number of aliphatic hydroxyl groups excluding tert-OH is 1. The van der Waals surface area contributed by atoms with Crippen molar-refractivity contribution in [3.8, 4) is 0 Å². The van der Waals surface area contributed by atoms with Crippen LogP contribution in [0, 0.1) is 0 Å². The molecule has 3 nitrogen and oxygen atoms in total. The molecule has 0 aliphatic carbocycles. The largest absolute Gasteiger partial charge is 0.393 e. The van der Waals surface area contributed by atoms with Gasteiger partial charge in [-0.1, -0.05) is 6.07 Å². The first-order chi connectivity index (χ1) is 6.25. The maximum absolute atomic E-state index is 9.18. The van der Waals surface area contributed by atoms with Gasteiger partial charge in [0.05, 0.1) is 11.8 Å². The van der Waals surface area contributed by atoms with Crippen molar-refractivity contribution in [2.24, 2.45) is 0 Å². The highest BCUT2D eigenvalue weighted by molar-refractivity contribution is 5.39. The molecule has 0 unspecified atom stereocenters. The van der Waals surface area contributed by atoms with E-state index in [-0.39, 0.29) is 6.10 Å². The molecule has 0 bridgehead atoms. The standard InChI is InChI=1S/C10H12N2O/c1-8(13)6-9-7-12-5-3-2-4-10(12)11-9/h2-5,7-8,13H,6H2,1H3/t8-/m0/s1. The summed E-state index contributed by atoms with van der Waals surface area (Å²) in [6.07, 6.45) is 4.18. The molecule has 2 aromatic heterocycles. The highest BCUT2D eigenvalue weighted by atomic mass is 16.3. The summed E-state index contributed by atoms with van der Waals surface area (Å²) in [4.78, 5) is 4.36. The third kappa shape index (κ3) is 1.70. The number of nitrogens with zero attached hydrogens (tertiary/aromatic N) is 2. The van der Waals surface area contributed by atoms with E-state index in [2.05, 4.69) is 4.98 Å². The summed E-state index contributed by atoms with van der Waals surface area (Å²) in [7, 11) is 0. The second kappa shape index (κ2) is 3.18. The van der Waals surface area contributed by atoms with Crippen molar-refractivity contribution >= 4 is 5.65 Å². The first kappa shape index (κ1) is 8.26. The molecule has 2 heterocycles. The highest BCUT2D eigenvalue weighted by Crippen LogP contribution is 2.06. The lowest BCUT2D eigenvalue weighted by molar-refractivity contribution is 0.194. The zero-order valence-corrected chi connectivity index (χ0v) is 7.51. The zero-order valence-electron chi connectivity index (χ0n) is 7.51. The number of aliphatic hydroxyl groups is 1. The van der Waals surface area contributed by atoms with Crippen LogP contribution in [0.4, 0.5) is 0 Å². The van der Waals surface area contributed by atoms with E-state index < -0.39 is 0 Å². The summed E-state index contributed by atoms with van der Waals surface area (Å²) < 4.78 is 1.96. The fourth-order valence-corrected chi connectivity index (χ4v) is 1.39. The van der Waals surface area contributed by atoms with Crippen LogP contribution in [-0.2, 0) is 6.42 Å². The van der Waals surface area contributed by atoms with E-state index in [9.17, 15) is 5.11 Å². The number of fused-ring (bicyclic) bond motifs is 1. The predicted octanol–water partition coefficient (Wildman–Crippen LogP) is 1.26. The molecule has 0 aromatic carbocycles. The molecule has 68 valence electrons. The van der Waals surface area contributed by atoms with Gasteiger partial charge in [-0.05, 0) is 19.1 Å². The fraction of sp³-hybridized carbons (Fsp3) is 0.300. The molecule has 0 spiro atoms. The molecule has 0 radical (unpaired) electrons. The van der Waals surface area contributed by atoms with Gasteiger partial charge >= 0.3 is 0 Å². The van der Waals surface area contributed by atoms with Crippen LogP contribution in [0.1, 0.15) is 12.6 Å². The zero-order chi connectivity index (χ0) is 9.26. The lowest BCUT2D eigenvalue weighted by Gasteiger charge is -1.97. The highest BCUT2D eigenvalue weighted by Gasteiger charge is 2.03. The SMILES string of the molecule is C[C@H](O)Cc1cn2ccccc2n1. The number of hydrogen-bond acceptors (Lipinski definition) is 2. The second-order valence-electron chi connectivity index (χ2n) is 3.25. The van der Waals surface area contributed by atoms with E-state index in [4.69, 9.17) is 0 Å². The van der Waals surface area contributed by atoms with Gasteiger partial charge in [0.25, 0.3) is 0 Å². The van der Waals surface area contributed by atoms with Crippen LogP contribution in [0.25, 0.3) is 5.65 Å². The van der Waals surface area contributed by atoms with E-state index in [1.807, 2.05) is 35.0 Å². The molecule has 3 heteroatoms. The Morgan fingerprint density at radius 3 is 3.08 bits per heavy atom. The molecule has 0 aliphatic rings. The topological polar surface area (TPSA) is 37.5 Å². The second-order valence-corrected chi connectivity index (χ2v) is 3.25. The average molecular weight is 176 g/mol. The van der Waals surface area contributed by atoms with Crippen LogP contribution >= 0.6 is 0 Å². The normalized spacial score (nSPS) is 13.4. The molecule has 0 amide bonds. The van der Waals surface area contributed by atoms with Crippen LogP contribution in [0.3, 0.4) is 0 Å². The van der Waals surface area contributed by atoms with Gasteiger partial charge in [0, 0.05) is 18.8 Å². The van der Waals surface area contributed by atoms with Crippen molar-refractivity contribution < 1.29 is 5.11 Å². The summed E-state index contributed by atoms with van der Waals surface area (Å²) in [5, 5.41) is 9.18. The van der Waals surface area contributed by atoms with Gasteiger partial charge in [0.1, 0.15) is 5.65 Å². The van der Waals surface area contributed by atoms with E-state index in [0.29, 0.717) is 6.42 Å². The predicted molar refractivity (Wildman–Crippen MR) is 50.6 cm³/mol. The van der Waals surface area contributed by atoms with Gasteiger partial charge in [-0.25, -0.2) is 4.98 Å². The minimum absolute atomic E-state index is 0.329. The Hall–Kier alpha value is -1.35. The lowest BCUT2D eigenvalue weighted by atomic mass is 10.2. The molecule has 2 rings (SSSR count). The number of rotatable bonds is 2. The van der Waals surface area contributed by atoms with Crippen molar-refractivity contribution in [3.63, 3.8) is 0 Å². The summed E-state index contributed by atoms with van der Waals surface area (Å²) in [5.41, 5.74) is 1.86. The smallest absolute Gasteiger partial charge is 0.136 e. The summed E-state index contributed by atoms with van der Waals surface area (Å²) >= 11 is 0. The van der Waals surface area contributed by atoms with Crippen LogP contribution in [0.2, 0.25) is 0 Å². The Labute approximate surface area is 76.7 Å². The maximum atomic E-state index is 9.18. The Kier molecular flexibility index (Phi) is 2.02. The summed E-state index contributed by atoms with van der Waals surface area (Å²) in [5.74, 6) is 0. The van der Waals surface area contributed by atoms with Gasteiger partial charge in [-0.2, -0.15) is 0 Å². The molecule has 0 saturated heterocycles. The van der Waals surface area contributed by atoms with E-state index in [1.165, 1.54) is 0 Å². The van der Waals surface area contributed by atoms with Crippen molar-refractivity contribution in [1.82, 2.24) is 9.38 Å². The molecule has 0 fully saturated rings. The molecule has 2 aromatic rings. The van der Waals surface area contributed by atoms with Gasteiger partial charge in [0.2, 0.25) is 0 Å². The Morgan fingerprint density at radius 2 is 2.38 bits per heavy atom. The van der Waals surface area contributed by atoms with Crippen molar-refractivity contribution in [2.75, 3.05) is 0 Å². The van der Waals surface area contributed by atoms with E-state index >= 15 is 0 Å². The van der Waals surface area contributed by atoms with E-state index in [1.54, 1.807) is 6.92 Å². The summed E-state index contributed by atoms with van der Waals surface area (Å²) in [6.45, 7) is 1.77. The maximum Gasteiger partial charge on any atom is 0.136 e. The molecule has 13 heavy (non-hydrogen) atoms. The van der Waals surface area contributed by atoms with Crippen LogP contribution in [-0.4, -0.2) is 20.6 Å². The summed E-state index contributed by atoms with van der Waals surface area (Å²) in [6, 6.07) is 5.86. The van der Waals surface area contributed by atoms with Crippen LogP contribution < -0.4 is 0 Å². The van der Waals surface area contributed by atoms with Crippen molar-refractivity contribution in [3.05, 3.63) is 36.3 Å². The minimum atomic E-state index is -0.329. The molecular weight excluding hydrogens is 164 g/mol. The Balaban J connectivity index is 2.38. The number of imidazole rings is 1. The quantitative estimate of drug-likeness (QED) is 0.748. The molecule has 1 N–H and O–H groups in total. The Bertz CT molecular complexity index is 373. The Morgan fingerprint density at radius 1 is 1.54 bits per heavy atom. The monoisotopic (exact) mass is 176 g/mol. The van der Waals surface area contributed by atoms with Crippen LogP contribution in [0.5, 0.6) is 0 Å². The number of aromatic nitrogens is 2. The third-order valence-corrected chi connectivity index (χ3v) is 1.92. The third-order valence-electron chi connectivity index (χ3n) is 1.92. The molecule has 0 saturated carbocycles. The van der Waals surface area contributed by atoms with Gasteiger partial charge < -0.3 is 9.51 Å². The number of pyridine rings is 1. The first-order valence-electron chi connectivity index (χ1n) is 4.36. The van der Waals surface area contributed by atoms with Gasteiger partial charge in [0.15, 0.2) is 0 Å². The molecular formula is C10H12N2O. The van der Waals surface area contributed by atoms with Crippen LogP contribution in [0.15, 0.2) is 30.6 Å².